The number of ether oxygens (including phenoxy) is 1. The number of nitrogens with zero attached hydrogens (tertiary/aromatic N) is 2. The molecule has 2 heterocycles. The first-order valence-electron chi connectivity index (χ1n) is 8.33. The van der Waals surface area contributed by atoms with Crippen LogP contribution < -0.4 is 0 Å². The molecule has 0 radical (unpaired) electrons. The molecule has 4 heteroatoms. The van der Waals surface area contributed by atoms with Crippen LogP contribution in [0, 0.1) is 0 Å². The maximum absolute atomic E-state index is 6.21. The van der Waals surface area contributed by atoms with Gasteiger partial charge in [0.05, 0.1) is 12.3 Å². The topological polar surface area (TPSA) is 25.4 Å². The Hall–Kier alpha value is -1.42. The summed E-state index contributed by atoms with van der Waals surface area (Å²) in [6.07, 6.45) is 5.64. The van der Waals surface area contributed by atoms with Crippen molar-refractivity contribution >= 4 is 11.6 Å². The van der Waals surface area contributed by atoms with Gasteiger partial charge in [-0.05, 0) is 55.8 Å². The van der Waals surface area contributed by atoms with E-state index >= 15 is 0 Å². The van der Waals surface area contributed by atoms with Gasteiger partial charge in [-0.15, -0.1) is 0 Å². The lowest BCUT2D eigenvalue weighted by atomic mass is 10.1. The molecule has 0 aliphatic carbocycles. The van der Waals surface area contributed by atoms with Gasteiger partial charge in [-0.2, -0.15) is 0 Å². The molecule has 122 valence electrons. The second-order valence-corrected chi connectivity index (χ2v) is 6.40. The van der Waals surface area contributed by atoms with Crippen LogP contribution in [-0.2, 0) is 4.74 Å². The van der Waals surface area contributed by atoms with Gasteiger partial charge in [0.1, 0.15) is 6.10 Å². The number of likely N-dealkylation sites (tertiary alicyclic amines) is 1. The normalized spacial score (nSPS) is 17.1. The Morgan fingerprint density at radius 3 is 2.52 bits per heavy atom. The van der Waals surface area contributed by atoms with Gasteiger partial charge < -0.3 is 9.64 Å². The first-order valence-corrected chi connectivity index (χ1v) is 8.71. The molecule has 1 atom stereocenters. The van der Waals surface area contributed by atoms with Gasteiger partial charge in [-0.1, -0.05) is 36.2 Å². The zero-order valence-electron chi connectivity index (χ0n) is 13.3. The second kappa shape index (κ2) is 8.44. The Bertz CT molecular complexity index is 582. The Labute approximate surface area is 143 Å². The van der Waals surface area contributed by atoms with E-state index in [9.17, 15) is 0 Å². The number of piperidine rings is 1. The van der Waals surface area contributed by atoms with Crippen molar-refractivity contribution in [3.05, 3.63) is 64.9 Å². The Kier molecular flexibility index (Phi) is 6.03. The molecule has 0 amide bonds. The monoisotopic (exact) mass is 330 g/mol. The van der Waals surface area contributed by atoms with Gasteiger partial charge in [0.15, 0.2) is 0 Å². The lowest BCUT2D eigenvalue weighted by Gasteiger charge is -2.27. The van der Waals surface area contributed by atoms with Crippen molar-refractivity contribution in [2.75, 3.05) is 26.2 Å². The highest BCUT2D eigenvalue weighted by molar-refractivity contribution is 6.30. The van der Waals surface area contributed by atoms with Gasteiger partial charge in [-0.3, -0.25) is 4.98 Å². The van der Waals surface area contributed by atoms with Crippen LogP contribution >= 0.6 is 11.6 Å². The number of hydrogen-bond acceptors (Lipinski definition) is 3. The molecule has 0 N–H and O–H groups in total. The van der Waals surface area contributed by atoms with Crippen molar-refractivity contribution in [3.8, 4) is 0 Å². The molecule has 1 aliphatic rings. The smallest absolute Gasteiger partial charge is 0.124 e. The molecule has 3 nitrogen and oxygen atoms in total. The van der Waals surface area contributed by atoms with Crippen molar-refractivity contribution in [2.24, 2.45) is 0 Å². The number of halogens is 1. The lowest BCUT2D eigenvalue weighted by Crippen LogP contribution is -2.33. The Balaban J connectivity index is 1.66. The van der Waals surface area contributed by atoms with Crippen molar-refractivity contribution in [3.63, 3.8) is 0 Å². The summed E-state index contributed by atoms with van der Waals surface area (Å²) in [5.74, 6) is 0. The van der Waals surface area contributed by atoms with E-state index in [2.05, 4.69) is 9.88 Å². The van der Waals surface area contributed by atoms with Crippen LogP contribution in [0.4, 0.5) is 0 Å². The molecule has 1 aromatic carbocycles. The molecule has 0 saturated carbocycles. The molecule has 0 spiro atoms. The van der Waals surface area contributed by atoms with E-state index in [0.717, 1.165) is 22.8 Å². The highest BCUT2D eigenvalue weighted by Gasteiger charge is 2.17. The van der Waals surface area contributed by atoms with Crippen LogP contribution in [0.3, 0.4) is 0 Å². The summed E-state index contributed by atoms with van der Waals surface area (Å²) in [6.45, 7) is 4.08. The average Bonchev–Trinajstić information content (AvgIpc) is 2.61. The van der Waals surface area contributed by atoms with E-state index in [4.69, 9.17) is 16.3 Å². The molecule has 2 aromatic rings. The third-order valence-corrected chi connectivity index (χ3v) is 4.52. The van der Waals surface area contributed by atoms with Crippen LogP contribution in [0.5, 0.6) is 0 Å². The van der Waals surface area contributed by atoms with Gasteiger partial charge in [-0.25, -0.2) is 0 Å². The third-order valence-electron chi connectivity index (χ3n) is 4.27. The number of rotatable bonds is 6. The molecule has 0 bridgehead atoms. The van der Waals surface area contributed by atoms with Crippen LogP contribution in [0.25, 0.3) is 0 Å². The minimum Gasteiger partial charge on any atom is -0.366 e. The van der Waals surface area contributed by atoms with E-state index in [1.54, 1.807) is 0 Å². The van der Waals surface area contributed by atoms with E-state index in [-0.39, 0.29) is 6.10 Å². The fraction of sp³-hybridized carbons (Fsp3) is 0.421. The van der Waals surface area contributed by atoms with Gasteiger partial charge in [0.2, 0.25) is 0 Å². The number of benzene rings is 1. The number of hydrogen-bond donors (Lipinski definition) is 0. The van der Waals surface area contributed by atoms with Crippen LogP contribution in [0.2, 0.25) is 5.02 Å². The molecule has 1 saturated heterocycles. The third kappa shape index (κ3) is 4.77. The highest BCUT2D eigenvalue weighted by atomic mass is 35.5. The Morgan fingerprint density at radius 1 is 1.04 bits per heavy atom. The zero-order chi connectivity index (χ0) is 15.9. The van der Waals surface area contributed by atoms with Gasteiger partial charge in [0, 0.05) is 17.8 Å². The molecule has 1 aliphatic heterocycles. The lowest BCUT2D eigenvalue weighted by molar-refractivity contribution is 0.0536. The summed E-state index contributed by atoms with van der Waals surface area (Å²) < 4.78 is 6.21. The van der Waals surface area contributed by atoms with Gasteiger partial charge in [0.25, 0.3) is 0 Å². The molecule has 1 aromatic heterocycles. The minimum absolute atomic E-state index is 0.141. The second-order valence-electron chi connectivity index (χ2n) is 5.96. The quantitative estimate of drug-likeness (QED) is 0.788. The maximum atomic E-state index is 6.21. The fourth-order valence-corrected chi connectivity index (χ4v) is 3.13. The number of aromatic nitrogens is 1. The van der Waals surface area contributed by atoms with Gasteiger partial charge >= 0.3 is 0 Å². The van der Waals surface area contributed by atoms with Crippen LogP contribution in [0.15, 0.2) is 48.7 Å². The largest absolute Gasteiger partial charge is 0.366 e. The molecular formula is C19H23ClN2O. The van der Waals surface area contributed by atoms with E-state index in [1.807, 2.05) is 48.7 Å². The molecule has 3 rings (SSSR count). The first-order chi connectivity index (χ1) is 11.3. The predicted octanol–water partition coefficient (Wildman–Crippen LogP) is 4.33. The maximum Gasteiger partial charge on any atom is 0.124 e. The van der Waals surface area contributed by atoms with Crippen molar-refractivity contribution < 1.29 is 4.74 Å². The summed E-state index contributed by atoms with van der Waals surface area (Å²) in [7, 11) is 0. The highest BCUT2D eigenvalue weighted by Crippen LogP contribution is 2.25. The summed E-state index contributed by atoms with van der Waals surface area (Å²) in [4.78, 5) is 6.96. The summed E-state index contributed by atoms with van der Waals surface area (Å²) >= 11 is 6.01. The van der Waals surface area contributed by atoms with Crippen molar-refractivity contribution in [2.45, 2.75) is 25.4 Å². The predicted molar refractivity (Wildman–Crippen MR) is 93.8 cm³/mol. The Morgan fingerprint density at radius 2 is 1.83 bits per heavy atom. The molecule has 23 heavy (non-hydrogen) atoms. The van der Waals surface area contributed by atoms with Crippen molar-refractivity contribution in [1.82, 2.24) is 9.88 Å². The zero-order valence-corrected chi connectivity index (χ0v) is 14.1. The molecular weight excluding hydrogens is 308 g/mol. The molecule has 0 unspecified atom stereocenters. The van der Waals surface area contributed by atoms with E-state index < -0.39 is 0 Å². The van der Waals surface area contributed by atoms with Crippen molar-refractivity contribution in [1.29, 1.82) is 0 Å². The first kappa shape index (κ1) is 16.4. The average molecular weight is 331 g/mol. The number of pyridine rings is 1. The summed E-state index contributed by atoms with van der Waals surface area (Å²) in [6, 6.07) is 13.8. The van der Waals surface area contributed by atoms with E-state index in [0.29, 0.717) is 6.61 Å². The van der Waals surface area contributed by atoms with Crippen LogP contribution in [-0.4, -0.2) is 36.1 Å². The summed E-state index contributed by atoms with van der Waals surface area (Å²) in [5, 5.41) is 0.738. The summed E-state index contributed by atoms with van der Waals surface area (Å²) in [5.41, 5.74) is 2.03. The fourth-order valence-electron chi connectivity index (χ4n) is 3.00. The standard InChI is InChI=1S/C19H23ClN2O/c20-17-9-7-16(8-10-17)19(18-6-2-3-11-21-18)23-15-14-22-12-4-1-5-13-22/h2-3,6-11,19H,1,4-5,12-15H2/t19-/m1/s1. The van der Waals surface area contributed by atoms with E-state index in [1.165, 1.54) is 32.4 Å². The molecule has 1 fully saturated rings. The van der Waals surface area contributed by atoms with Crippen LogP contribution in [0.1, 0.15) is 36.6 Å². The minimum atomic E-state index is -0.141. The SMILES string of the molecule is Clc1ccc([C@@H](OCCN2CCCCC2)c2ccccn2)cc1.